The highest BCUT2D eigenvalue weighted by molar-refractivity contribution is 5.28. The number of rotatable bonds is 5. The van der Waals surface area contributed by atoms with E-state index >= 15 is 0 Å². The van der Waals surface area contributed by atoms with Crippen LogP contribution in [0.15, 0.2) is 31.1 Å². The summed E-state index contributed by atoms with van der Waals surface area (Å²) < 4.78 is 3.82. The summed E-state index contributed by atoms with van der Waals surface area (Å²) in [5.74, 6) is 2.66. The van der Waals surface area contributed by atoms with Gasteiger partial charge in [0.15, 0.2) is 0 Å². The summed E-state index contributed by atoms with van der Waals surface area (Å²) in [6.45, 7) is 2.95. The van der Waals surface area contributed by atoms with Gasteiger partial charge in [-0.15, -0.1) is 0 Å². The molecule has 0 unspecified atom stereocenters. The van der Waals surface area contributed by atoms with E-state index in [1.54, 1.807) is 36.5 Å². The van der Waals surface area contributed by atoms with Crippen LogP contribution >= 0.6 is 0 Å². The molecule has 0 aliphatic rings. The molecule has 0 saturated heterocycles. The predicted molar refractivity (Wildman–Crippen MR) is 77.2 cm³/mol. The first kappa shape index (κ1) is 13.2. The molecule has 0 fully saturated rings. The Morgan fingerprint density at radius 2 is 2.05 bits per heavy atom. The molecule has 0 saturated carbocycles. The van der Waals surface area contributed by atoms with Crippen LogP contribution in [-0.4, -0.2) is 41.1 Å². The molecule has 8 nitrogen and oxygen atoms in total. The lowest BCUT2D eigenvalue weighted by molar-refractivity contribution is 0.699. The lowest BCUT2D eigenvalue weighted by atomic mass is 10.3. The van der Waals surface area contributed by atoms with Gasteiger partial charge in [-0.3, -0.25) is 4.57 Å². The highest BCUT2D eigenvalue weighted by Crippen LogP contribution is 2.09. The second-order valence-electron chi connectivity index (χ2n) is 4.40. The summed E-state index contributed by atoms with van der Waals surface area (Å²) in [5, 5.41) is 2.95. The number of nitrogens with zero attached hydrogens (tertiary/aromatic N) is 7. The number of aromatic nitrogens is 7. The number of hydrogen-bond donors (Lipinski definition) is 1. The first-order chi connectivity index (χ1) is 10.3. The SMILES string of the molecule is CCn1ccnc1Cc1nc(NC)nc(-n2ccnc2)n1. The number of anilines is 1. The number of aryl methyl sites for hydroxylation is 1. The Kier molecular flexibility index (Phi) is 3.59. The van der Waals surface area contributed by atoms with Crippen LogP contribution < -0.4 is 5.32 Å². The predicted octanol–water partition coefficient (Wildman–Crippen LogP) is 0.906. The number of nitrogens with one attached hydrogen (secondary N) is 1. The average Bonchev–Trinajstić information content (AvgIpc) is 3.18. The second-order valence-corrected chi connectivity index (χ2v) is 4.40. The van der Waals surface area contributed by atoms with Gasteiger partial charge < -0.3 is 9.88 Å². The molecule has 108 valence electrons. The Morgan fingerprint density at radius 1 is 1.14 bits per heavy atom. The third-order valence-electron chi connectivity index (χ3n) is 3.09. The van der Waals surface area contributed by atoms with Crippen molar-refractivity contribution in [1.29, 1.82) is 0 Å². The van der Waals surface area contributed by atoms with E-state index in [0.717, 1.165) is 12.4 Å². The molecule has 0 atom stereocenters. The maximum atomic E-state index is 4.48. The zero-order valence-corrected chi connectivity index (χ0v) is 11.9. The molecule has 3 aromatic rings. The molecule has 0 aromatic carbocycles. The molecule has 3 heterocycles. The van der Waals surface area contributed by atoms with Gasteiger partial charge in [0.05, 0.1) is 6.42 Å². The Bertz CT molecular complexity index is 716. The molecule has 3 rings (SSSR count). The highest BCUT2D eigenvalue weighted by Gasteiger charge is 2.10. The average molecular weight is 284 g/mol. The van der Waals surface area contributed by atoms with Crippen LogP contribution in [0.5, 0.6) is 0 Å². The smallest absolute Gasteiger partial charge is 0.239 e. The van der Waals surface area contributed by atoms with Crippen molar-refractivity contribution in [2.24, 2.45) is 0 Å². The van der Waals surface area contributed by atoms with Gasteiger partial charge in [-0.1, -0.05) is 0 Å². The fourth-order valence-electron chi connectivity index (χ4n) is 2.03. The van der Waals surface area contributed by atoms with Crippen LogP contribution in [0.4, 0.5) is 5.95 Å². The highest BCUT2D eigenvalue weighted by atomic mass is 15.2. The van der Waals surface area contributed by atoms with Crippen molar-refractivity contribution in [2.45, 2.75) is 19.9 Å². The summed E-state index contributed by atoms with van der Waals surface area (Å²) in [6.07, 6.45) is 9.44. The Labute approximate surface area is 121 Å². The van der Waals surface area contributed by atoms with Crippen LogP contribution in [0.2, 0.25) is 0 Å². The van der Waals surface area contributed by atoms with Crippen LogP contribution in [0, 0.1) is 0 Å². The largest absolute Gasteiger partial charge is 0.357 e. The molecule has 21 heavy (non-hydrogen) atoms. The molecule has 0 aliphatic heterocycles. The molecular formula is C13H16N8. The maximum Gasteiger partial charge on any atom is 0.239 e. The zero-order chi connectivity index (χ0) is 14.7. The molecule has 8 heteroatoms. The van der Waals surface area contributed by atoms with Crippen LogP contribution in [0.3, 0.4) is 0 Å². The summed E-state index contributed by atoms with van der Waals surface area (Å²) in [4.78, 5) is 21.6. The van der Waals surface area contributed by atoms with Gasteiger partial charge in [0.25, 0.3) is 0 Å². The van der Waals surface area contributed by atoms with E-state index in [1.807, 2.05) is 6.20 Å². The second kappa shape index (κ2) is 5.70. The lowest BCUT2D eigenvalue weighted by Gasteiger charge is -2.08. The van der Waals surface area contributed by atoms with Gasteiger partial charge >= 0.3 is 0 Å². The van der Waals surface area contributed by atoms with E-state index in [0.29, 0.717) is 24.1 Å². The van der Waals surface area contributed by atoms with Crippen molar-refractivity contribution < 1.29 is 0 Å². The van der Waals surface area contributed by atoms with Gasteiger partial charge in [-0.25, -0.2) is 9.97 Å². The quantitative estimate of drug-likeness (QED) is 0.749. The third-order valence-corrected chi connectivity index (χ3v) is 3.09. The van der Waals surface area contributed by atoms with E-state index in [1.165, 1.54) is 0 Å². The van der Waals surface area contributed by atoms with Crippen LogP contribution in [0.1, 0.15) is 18.6 Å². The van der Waals surface area contributed by atoms with Gasteiger partial charge in [0.2, 0.25) is 11.9 Å². The Hall–Kier alpha value is -2.77. The minimum absolute atomic E-state index is 0.526. The maximum absolute atomic E-state index is 4.48. The van der Waals surface area contributed by atoms with Gasteiger partial charge in [-0.2, -0.15) is 15.0 Å². The molecule has 0 aliphatic carbocycles. The minimum Gasteiger partial charge on any atom is -0.357 e. The number of hydrogen-bond acceptors (Lipinski definition) is 6. The fourth-order valence-corrected chi connectivity index (χ4v) is 2.03. The molecule has 0 bridgehead atoms. The summed E-state index contributed by atoms with van der Waals surface area (Å²) >= 11 is 0. The molecule has 0 amide bonds. The molecule has 0 radical (unpaired) electrons. The Balaban J connectivity index is 1.96. The monoisotopic (exact) mass is 284 g/mol. The van der Waals surface area contributed by atoms with E-state index in [-0.39, 0.29) is 0 Å². The third kappa shape index (κ3) is 2.73. The number of imidazole rings is 2. The first-order valence-corrected chi connectivity index (χ1v) is 6.71. The van der Waals surface area contributed by atoms with Crippen LogP contribution in [0.25, 0.3) is 5.95 Å². The van der Waals surface area contributed by atoms with Crippen molar-refractivity contribution >= 4 is 5.95 Å². The molecular weight excluding hydrogens is 268 g/mol. The van der Waals surface area contributed by atoms with Gasteiger partial charge in [-0.05, 0) is 6.92 Å². The molecule has 0 spiro atoms. The Morgan fingerprint density at radius 3 is 2.76 bits per heavy atom. The topological polar surface area (TPSA) is 86.3 Å². The van der Waals surface area contributed by atoms with Gasteiger partial charge in [0, 0.05) is 38.4 Å². The standard InChI is InChI=1S/C13H16N8/c1-3-20-7-5-16-11(20)8-10-17-12(14-2)19-13(18-10)21-6-4-15-9-21/h4-7,9H,3,8H2,1-2H3,(H,14,17,18,19). The summed E-state index contributed by atoms with van der Waals surface area (Å²) in [5.41, 5.74) is 0. The van der Waals surface area contributed by atoms with Gasteiger partial charge in [0.1, 0.15) is 18.0 Å². The van der Waals surface area contributed by atoms with Crippen molar-refractivity contribution in [3.05, 3.63) is 42.8 Å². The van der Waals surface area contributed by atoms with Crippen LogP contribution in [-0.2, 0) is 13.0 Å². The van der Waals surface area contributed by atoms with E-state index in [2.05, 4.69) is 41.7 Å². The van der Waals surface area contributed by atoms with E-state index in [9.17, 15) is 0 Å². The normalized spacial score (nSPS) is 10.8. The van der Waals surface area contributed by atoms with Crippen molar-refractivity contribution in [2.75, 3.05) is 12.4 Å². The zero-order valence-electron chi connectivity index (χ0n) is 11.9. The summed E-state index contributed by atoms with van der Waals surface area (Å²) in [7, 11) is 1.78. The summed E-state index contributed by atoms with van der Waals surface area (Å²) in [6, 6.07) is 0. The van der Waals surface area contributed by atoms with Crippen molar-refractivity contribution in [3.63, 3.8) is 0 Å². The fraction of sp³-hybridized carbons (Fsp3) is 0.308. The molecule has 3 aromatic heterocycles. The first-order valence-electron chi connectivity index (χ1n) is 6.71. The van der Waals surface area contributed by atoms with E-state index in [4.69, 9.17) is 0 Å². The minimum atomic E-state index is 0.526. The van der Waals surface area contributed by atoms with E-state index < -0.39 is 0 Å². The van der Waals surface area contributed by atoms with Crippen molar-refractivity contribution in [3.8, 4) is 5.95 Å². The van der Waals surface area contributed by atoms with Crippen molar-refractivity contribution in [1.82, 2.24) is 34.1 Å². The molecule has 1 N–H and O–H groups in total. The lowest BCUT2D eigenvalue weighted by Crippen LogP contribution is -2.11.